The van der Waals surface area contributed by atoms with E-state index in [-0.39, 0.29) is 5.41 Å². The van der Waals surface area contributed by atoms with Crippen molar-refractivity contribution in [3.8, 4) is 0 Å². The van der Waals surface area contributed by atoms with E-state index in [1.807, 2.05) is 0 Å². The Balaban J connectivity index is 2.47. The van der Waals surface area contributed by atoms with Crippen molar-refractivity contribution in [2.75, 3.05) is 0 Å². The third-order valence-electron chi connectivity index (χ3n) is 2.59. The lowest BCUT2D eigenvalue weighted by atomic mass is 9.93. The van der Waals surface area contributed by atoms with Gasteiger partial charge in [-0.15, -0.1) is 22.9 Å². The monoisotopic (exact) mass is 259 g/mol. The Bertz CT molecular complexity index is 314. The minimum Gasteiger partial charge on any atom is -0.246 e. The number of hydrogen-bond donors (Lipinski definition) is 0. The van der Waals surface area contributed by atoms with E-state index in [9.17, 15) is 0 Å². The third-order valence-corrected chi connectivity index (χ3v) is 3.94. The maximum atomic E-state index is 6.20. The summed E-state index contributed by atoms with van der Waals surface area (Å²) in [6.45, 7) is 8.78. The van der Waals surface area contributed by atoms with Crippen LogP contribution in [-0.2, 0) is 11.8 Å². The topological polar surface area (TPSA) is 12.9 Å². The fourth-order valence-corrected chi connectivity index (χ4v) is 2.88. The number of aryl methyl sites for hydroxylation is 1. The van der Waals surface area contributed by atoms with Crippen molar-refractivity contribution in [3.05, 3.63) is 16.1 Å². The fraction of sp³-hybridized carbons (Fsp3) is 0.769. The molecule has 0 aliphatic heterocycles. The van der Waals surface area contributed by atoms with Gasteiger partial charge in [-0.1, -0.05) is 34.1 Å². The van der Waals surface area contributed by atoms with Gasteiger partial charge >= 0.3 is 0 Å². The number of alkyl halides is 1. The SMILES string of the molecule is CCCC(Cl)CCc1nc(C(C)(C)C)cs1. The Hall–Kier alpha value is -0.0800. The second-order valence-electron chi connectivity index (χ2n) is 5.30. The lowest BCUT2D eigenvalue weighted by Crippen LogP contribution is -2.11. The third kappa shape index (κ3) is 4.42. The van der Waals surface area contributed by atoms with Gasteiger partial charge in [0.05, 0.1) is 10.7 Å². The van der Waals surface area contributed by atoms with E-state index < -0.39 is 0 Å². The van der Waals surface area contributed by atoms with Gasteiger partial charge in [-0.25, -0.2) is 4.98 Å². The van der Waals surface area contributed by atoms with Crippen LogP contribution in [0.4, 0.5) is 0 Å². The molecule has 1 rings (SSSR count). The molecular weight excluding hydrogens is 238 g/mol. The molecule has 0 bridgehead atoms. The largest absolute Gasteiger partial charge is 0.246 e. The van der Waals surface area contributed by atoms with Crippen LogP contribution >= 0.6 is 22.9 Å². The van der Waals surface area contributed by atoms with Crippen molar-refractivity contribution in [2.24, 2.45) is 0 Å². The van der Waals surface area contributed by atoms with E-state index in [1.54, 1.807) is 11.3 Å². The van der Waals surface area contributed by atoms with E-state index in [4.69, 9.17) is 11.6 Å². The first-order valence-electron chi connectivity index (χ1n) is 6.02. The zero-order valence-corrected chi connectivity index (χ0v) is 12.3. The van der Waals surface area contributed by atoms with Crippen molar-refractivity contribution >= 4 is 22.9 Å². The predicted octanol–water partition coefficient (Wildman–Crippen LogP) is 4.78. The van der Waals surface area contributed by atoms with Gasteiger partial charge in [0.1, 0.15) is 0 Å². The highest BCUT2D eigenvalue weighted by Crippen LogP contribution is 2.25. The Kier molecular flexibility index (Phi) is 5.26. The first-order valence-corrected chi connectivity index (χ1v) is 7.34. The quantitative estimate of drug-likeness (QED) is 0.694. The smallest absolute Gasteiger partial charge is 0.0929 e. The molecule has 0 amide bonds. The van der Waals surface area contributed by atoms with Crippen LogP contribution in [0.15, 0.2) is 5.38 Å². The van der Waals surface area contributed by atoms with Crippen LogP contribution in [0.25, 0.3) is 0 Å². The molecule has 0 aliphatic carbocycles. The molecule has 0 aliphatic rings. The Morgan fingerprint density at radius 3 is 2.56 bits per heavy atom. The molecule has 0 fully saturated rings. The summed E-state index contributed by atoms with van der Waals surface area (Å²) in [6.07, 6.45) is 4.35. The lowest BCUT2D eigenvalue weighted by Gasteiger charge is -2.14. The molecule has 0 aromatic carbocycles. The summed E-state index contributed by atoms with van der Waals surface area (Å²) in [5, 5.41) is 3.72. The molecule has 92 valence electrons. The zero-order chi connectivity index (χ0) is 12.2. The number of nitrogens with zero attached hydrogens (tertiary/aromatic N) is 1. The van der Waals surface area contributed by atoms with E-state index in [0.717, 1.165) is 19.3 Å². The predicted molar refractivity (Wildman–Crippen MR) is 73.7 cm³/mol. The van der Waals surface area contributed by atoms with Crippen LogP contribution in [0.5, 0.6) is 0 Å². The minimum atomic E-state index is 0.165. The fourth-order valence-electron chi connectivity index (χ4n) is 1.51. The van der Waals surface area contributed by atoms with Gasteiger partial charge in [0.25, 0.3) is 0 Å². The number of aromatic nitrogens is 1. The summed E-state index contributed by atoms with van der Waals surface area (Å²) in [7, 11) is 0. The normalized spacial score (nSPS) is 14.1. The molecule has 1 aromatic rings. The summed E-state index contributed by atoms with van der Waals surface area (Å²) >= 11 is 7.97. The second-order valence-corrected chi connectivity index (χ2v) is 6.86. The van der Waals surface area contributed by atoms with Crippen molar-refractivity contribution in [3.63, 3.8) is 0 Å². The van der Waals surface area contributed by atoms with E-state index >= 15 is 0 Å². The molecule has 1 nitrogen and oxygen atoms in total. The van der Waals surface area contributed by atoms with E-state index in [2.05, 4.69) is 38.1 Å². The van der Waals surface area contributed by atoms with E-state index in [1.165, 1.54) is 17.1 Å². The number of rotatable bonds is 5. The van der Waals surface area contributed by atoms with Crippen LogP contribution in [0, 0.1) is 0 Å². The molecule has 0 spiro atoms. The van der Waals surface area contributed by atoms with Crippen molar-refractivity contribution in [2.45, 2.75) is 64.2 Å². The summed E-state index contributed by atoms with van der Waals surface area (Å²) in [5.41, 5.74) is 1.37. The Labute approximate surface area is 108 Å². The maximum absolute atomic E-state index is 6.20. The molecule has 3 heteroatoms. The van der Waals surface area contributed by atoms with Gasteiger partial charge < -0.3 is 0 Å². The van der Waals surface area contributed by atoms with Gasteiger partial charge in [-0.05, 0) is 12.8 Å². The van der Waals surface area contributed by atoms with Crippen molar-refractivity contribution in [1.29, 1.82) is 0 Å². The minimum absolute atomic E-state index is 0.165. The summed E-state index contributed by atoms with van der Waals surface area (Å²) in [5.74, 6) is 0. The molecule has 0 saturated heterocycles. The molecule has 0 radical (unpaired) electrons. The van der Waals surface area contributed by atoms with Crippen LogP contribution in [0.2, 0.25) is 0 Å². The highest BCUT2D eigenvalue weighted by atomic mass is 35.5. The van der Waals surface area contributed by atoms with E-state index in [0.29, 0.717) is 5.38 Å². The molecule has 0 saturated carbocycles. The van der Waals surface area contributed by atoms with Gasteiger partial charge in [0.15, 0.2) is 0 Å². The van der Waals surface area contributed by atoms with Crippen molar-refractivity contribution in [1.82, 2.24) is 4.98 Å². The maximum Gasteiger partial charge on any atom is 0.0929 e. The average Bonchev–Trinajstić information content (AvgIpc) is 2.63. The Morgan fingerprint density at radius 2 is 2.06 bits per heavy atom. The summed E-state index contributed by atoms with van der Waals surface area (Å²) < 4.78 is 0. The molecule has 1 unspecified atom stereocenters. The van der Waals surface area contributed by atoms with Gasteiger partial charge in [-0.3, -0.25) is 0 Å². The lowest BCUT2D eigenvalue weighted by molar-refractivity contribution is 0.569. The van der Waals surface area contributed by atoms with Crippen LogP contribution in [-0.4, -0.2) is 10.4 Å². The molecule has 1 aromatic heterocycles. The highest BCUT2D eigenvalue weighted by Gasteiger charge is 2.17. The van der Waals surface area contributed by atoms with Crippen molar-refractivity contribution < 1.29 is 0 Å². The van der Waals surface area contributed by atoms with Crippen LogP contribution in [0.1, 0.15) is 57.7 Å². The Morgan fingerprint density at radius 1 is 1.38 bits per heavy atom. The number of thiazole rings is 1. The highest BCUT2D eigenvalue weighted by molar-refractivity contribution is 7.09. The summed E-state index contributed by atoms with van der Waals surface area (Å²) in [4.78, 5) is 4.67. The van der Waals surface area contributed by atoms with Crippen LogP contribution < -0.4 is 0 Å². The molecular formula is C13H22ClNS. The average molecular weight is 260 g/mol. The van der Waals surface area contributed by atoms with Gasteiger partial charge in [-0.2, -0.15) is 0 Å². The first-order chi connectivity index (χ1) is 7.43. The summed E-state index contributed by atoms with van der Waals surface area (Å²) in [6, 6.07) is 0. The molecule has 0 N–H and O–H groups in total. The zero-order valence-electron chi connectivity index (χ0n) is 10.7. The second kappa shape index (κ2) is 6.02. The number of halogens is 1. The number of hydrogen-bond acceptors (Lipinski definition) is 2. The van der Waals surface area contributed by atoms with Gasteiger partial charge in [0, 0.05) is 22.6 Å². The molecule has 16 heavy (non-hydrogen) atoms. The standard InChI is InChI=1S/C13H22ClNS/c1-5-6-10(14)7-8-12-15-11(9-16-12)13(2,3)4/h9-10H,5-8H2,1-4H3. The molecule has 1 heterocycles. The van der Waals surface area contributed by atoms with Crippen LogP contribution in [0.3, 0.4) is 0 Å². The first kappa shape index (κ1) is 14.0. The van der Waals surface area contributed by atoms with Gasteiger partial charge in [0.2, 0.25) is 0 Å². The molecule has 1 atom stereocenters.